The van der Waals surface area contributed by atoms with Gasteiger partial charge in [-0.2, -0.15) is 0 Å². The van der Waals surface area contributed by atoms with Crippen molar-refractivity contribution < 1.29 is 29.2 Å². The van der Waals surface area contributed by atoms with E-state index in [1.807, 2.05) is 12.1 Å². The van der Waals surface area contributed by atoms with Gasteiger partial charge in [0.1, 0.15) is 0 Å². The molecule has 1 fully saturated rings. The zero-order valence-electron chi connectivity index (χ0n) is 16.0. The summed E-state index contributed by atoms with van der Waals surface area (Å²) in [5, 5.41) is 20.7. The summed E-state index contributed by atoms with van der Waals surface area (Å²) in [4.78, 5) is 0. The molecule has 146 valence electrons. The summed E-state index contributed by atoms with van der Waals surface area (Å²) in [5.41, 5.74) is 1.68. The summed E-state index contributed by atoms with van der Waals surface area (Å²) >= 11 is 0. The second-order valence-corrected chi connectivity index (χ2v) is 6.77. The first-order chi connectivity index (χ1) is 13.0. The third-order valence-electron chi connectivity index (χ3n) is 5.31. The Morgan fingerprint density at radius 2 is 1.67 bits per heavy atom. The van der Waals surface area contributed by atoms with E-state index in [-0.39, 0.29) is 23.7 Å². The molecule has 0 aromatic heterocycles. The number of phenolic OH excluding ortho intramolecular Hbond substituents is 1. The zero-order valence-corrected chi connectivity index (χ0v) is 16.0. The van der Waals surface area contributed by atoms with Crippen LogP contribution >= 0.6 is 0 Å². The topological polar surface area (TPSA) is 77.4 Å². The Bertz CT molecular complexity index is 790. The van der Waals surface area contributed by atoms with Crippen molar-refractivity contribution in [2.45, 2.75) is 19.1 Å². The monoisotopic (exact) mass is 374 g/mol. The largest absolute Gasteiger partial charge is 0.504 e. The number of aromatic hydroxyl groups is 1. The van der Waals surface area contributed by atoms with Crippen LogP contribution in [0.5, 0.6) is 23.0 Å². The minimum atomic E-state index is -0.691. The van der Waals surface area contributed by atoms with E-state index in [2.05, 4.69) is 6.92 Å². The average molecular weight is 374 g/mol. The summed E-state index contributed by atoms with van der Waals surface area (Å²) in [6.07, 6.45) is -0.872. The van der Waals surface area contributed by atoms with Gasteiger partial charge in [-0.15, -0.1) is 0 Å². The SMILES string of the molecule is COc1cc([C@H]2OC[C@H](C(O)c3ccc(OC)c(OC)c3)[C@@H]2C)ccc1O. The van der Waals surface area contributed by atoms with Gasteiger partial charge in [0.05, 0.1) is 40.1 Å². The van der Waals surface area contributed by atoms with E-state index in [1.54, 1.807) is 38.5 Å². The van der Waals surface area contributed by atoms with Gasteiger partial charge in [0, 0.05) is 5.92 Å². The molecule has 1 saturated heterocycles. The fourth-order valence-corrected chi connectivity index (χ4v) is 3.68. The van der Waals surface area contributed by atoms with E-state index in [0.717, 1.165) is 11.1 Å². The third-order valence-corrected chi connectivity index (χ3v) is 5.31. The van der Waals surface area contributed by atoms with Crippen LogP contribution in [0.4, 0.5) is 0 Å². The highest BCUT2D eigenvalue weighted by atomic mass is 16.5. The van der Waals surface area contributed by atoms with E-state index in [4.69, 9.17) is 18.9 Å². The number of hydrogen-bond donors (Lipinski definition) is 2. The molecule has 2 N–H and O–H groups in total. The Morgan fingerprint density at radius 3 is 2.33 bits per heavy atom. The Hall–Kier alpha value is -2.44. The van der Waals surface area contributed by atoms with E-state index in [1.165, 1.54) is 7.11 Å². The molecule has 0 spiro atoms. The summed E-state index contributed by atoms with van der Waals surface area (Å²) in [6.45, 7) is 2.50. The molecule has 1 heterocycles. The molecule has 2 aromatic carbocycles. The molecule has 2 aromatic rings. The minimum absolute atomic E-state index is 0.0716. The molecule has 6 heteroatoms. The summed E-state index contributed by atoms with van der Waals surface area (Å²) < 4.78 is 21.8. The summed E-state index contributed by atoms with van der Waals surface area (Å²) in [6, 6.07) is 10.6. The molecule has 6 nitrogen and oxygen atoms in total. The minimum Gasteiger partial charge on any atom is -0.504 e. The fourth-order valence-electron chi connectivity index (χ4n) is 3.68. The lowest BCUT2D eigenvalue weighted by Gasteiger charge is -2.24. The molecular weight excluding hydrogens is 348 g/mol. The maximum absolute atomic E-state index is 10.9. The first-order valence-electron chi connectivity index (χ1n) is 8.88. The smallest absolute Gasteiger partial charge is 0.161 e. The van der Waals surface area contributed by atoms with Crippen LogP contribution in [0.2, 0.25) is 0 Å². The highest BCUT2D eigenvalue weighted by Crippen LogP contribution is 2.45. The van der Waals surface area contributed by atoms with Gasteiger partial charge in [0.2, 0.25) is 0 Å². The van der Waals surface area contributed by atoms with Crippen molar-refractivity contribution in [1.82, 2.24) is 0 Å². The van der Waals surface area contributed by atoms with Crippen molar-refractivity contribution >= 4 is 0 Å². The normalized spacial score (nSPS) is 23.1. The molecule has 3 rings (SSSR count). The molecule has 4 atom stereocenters. The van der Waals surface area contributed by atoms with E-state index in [0.29, 0.717) is 23.9 Å². The fraction of sp³-hybridized carbons (Fsp3) is 0.429. The van der Waals surface area contributed by atoms with Crippen LogP contribution in [0.3, 0.4) is 0 Å². The van der Waals surface area contributed by atoms with Gasteiger partial charge in [-0.25, -0.2) is 0 Å². The number of aliphatic hydroxyl groups is 1. The molecule has 0 aliphatic carbocycles. The van der Waals surface area contributed by atoms with Gasteiger partial charge in [0.25, 0.3) is 0 Å². The quantitative estimate of drug-likeness (QED) is 0.806. The number of aliphatic hydroxyl groups excluding tert-OH is 1. The average Bonchev–Trinajstić information content (AvgIpc) is 3.08. The van der Waals surface area contributed by atoms with Crippen molar-refractivity contribution in [3.8, 4) is 23.0 Å². The lowest BCUT2D eigenvalue weighted by atomic mass is 9.83. The summed E-state index contributed by atoms with van der Waals surface area (Å²) in [7, 11) is 4.67. The molecule has 1 aliphatic heterocycles. The lowest BCUT2D eigenvalue weighted by molar-refractivity contribution is 0.0755. The third kappa shape index (κ3) is 3.68. The van der Waals surface area contributed by atoms with E-state index < -0.39 is 6.10 Å². The van der Waals surface area contributed by atoms with Crippen LogP contribution < -0.4 is 14.2 Å². The maximum atomic E-state index is 10.9. The Labute approximate surface area is 159 Å². The standard InChI is InChI=1S/C21H26O6/c1-12-15(20(23)13-6-8-17(24-2)19(9-13)26-4)11-27-21(12)14-5-7-16(22)18(10-14)25-3/h5-10,12,15,20-23H,11H2,1-4H3/t12-,15-,20?,21-/m0/s1. The van der Waals surface area contributed by atoms with Gasteiger partial charge in [0.15, 0.2) is 23.0 Å². The van der Waals surface area contributed by atoms with E-state index >= 15 is 0 Å². The number of rotatable bonds is 6. The van der Waals surface area contributed by atoms with Crippen molar-refractivity contribution in [1.29, 1.82) is 0 Å². The van der Waals surface area contributed by atoms with Crippen molar-refractivity contribution in [2.24, 2.45) is 11.8 Å². The first-order valence-corrected chi connectivity index (χ1v) is 8.88. The second-order valence-electron chi connectivity index (χ2n) is 6.77. The van der Waals surface area contributed by atoms with Gasteiger partial charge in [-0.05, 0) is 41.3 Å². The number of benzene rings is 2. The second kappa shape index (κ2) is 8.06. The maximum Gasteiger partial charge on any atom is 0.161 e. The van der Waals surface area contributed by atoms with Gasteiger partial charge in [-0.1, -0.05) is 19.1 Å². The zero-order chi connectivity index (χ0) is 19.6. The highest BCUT2D eigenvalue weighted by molar-refractivity contribution is 5.44. The van der Waals surface area contributed by atoms with Gasteiger partial charge in [-0.3, -0.25) is 0 Å². The highest BCUT2D eigenvalue weighted by Gasteiger charge is 2.39. The number of ether oxygens (including phenoxy) is 4. The predicted octanol–water partition coefficient (Wildman–Crippen LogP) is 3.48. The van der Waals surface area contributed by atoms with Crippen molar-refractivity contribution in [2.75, 3.05) is 27.9 Å². The molecule has 0 bridgehead atoms. The van der Waals surface area contributed by atoms with E-state index in [9.17, 15) is 10.2 Å². The number of methoxy groups -OCH3 is 3. The van der Waals surface area contributed by atoms with Gasteiger partial charge < -0.3 is 29.2 Å². The molecule has 1 aliphatic rings. The Kier molecular flexibility index (Phi) is 5.77. The van der Waals surface area contributed by atoms with Crippen LogP contribution in [0, 0.1) is 11.8 Å². The molecular formula is C21H26O6. The molecule has 0 amide bonds. The molecule has 1 unspecified atom stereocenters. The first kappa shape index (κ1) is 19.3. The van der Waals surface area contributed by atoms with Crippen LogP contribution in [0.1, 0.15) is 30.3 Å². The van der Waals surface area contributed by atoms with Crippen molar-refractivity contribution in [3.63, 3.8) is 0 Å². The number of phenols is 1. The van der Waals surface area contributed by atoms with Crippen LogP contribution in [0.15, 0.2) is 36.4 Å². The van der Waals surface area contributed by atoms with Gasteiger partial charge >= 0.3 is 0 Å². The molecule has 0 saturated carbocycles. The van der Waals surface area contributed by atoms with Crippen LogP contribution in [-0.2, 0) is 4.74 Å². The molecule has 27 heavy (non-hydrogen) atoms. The van der Waals surface area contributed by atoms with Crippen molar-refractivity contribution in [3.05, 3.63) is 47.5 Å². The Morgan fingerprint density at radius 1 is 0.963 bits per heavy atom. The van der Waals surface area contributed by atoms with Crippen LogP contribution in [0.25, 0.3) is 0 Å². The molecule has 0 radical (unpaired) electrons. The summed E-state index contributed by atoms with van der Waals surface area (Å²) in [5.74, 6) is 1.70. The number of hydrogen-bond acceptors (Lipinski definition) is 6. The lowest BCUT2D eigenvalue weighted by Crippen LogP contribution is -2.20. The Balaban J connectivity index is 1.81. The van der Waals surface area contributed by atoms with Crippen LogP contribution in [-0.4, -0.2) is 38.1 Å². The predicted molar refractivity (Wildman–Crippen MR) is 101 cm³/mol.